The zero-order chi connectivity index (χ0) is 13.1. The number of anilines is 1. The van der Waals surface area contributed by atoms with Crippen LogP contribution in [0.3, 0.4) is 0 Å². The lowest BCUT2D eigenvalue weighted by Crippen LogP contribution is -2.27. The molecule has 2 aromatic rings. The minimum Gasteiger partial charge on any atom is -0.507 e. The Balaban J connectivity index is 2.38. The molecule has 18 heavy (non-hydrogen) atoms. The van der Waals surface area contributed by atoms with Crippen molar-refractivity contribution in [2.75, 3.05) is 11.9 Å². The minimum atomic E-state index is -0.749. The van der Waals surface area contributed by atoms with E-state index < -0.39 is 11.7 Å². The number of phenolic OH excluding ortho intramolecular Hbond substituents is 1. The summed E-state index contributed by atoms with van der Waals surface area (Å²) in [7, 11) is 1.50. The van der Waals surface area contributed by atoms with E-state index in [9.17, 15) is 14.3 Å². The van der Waals surface area contributed by atoms with Crippen molar-refractivity contribution in [3.63, 3.8) is 0 Å². The number of aromatic hydroxyl groups is 1. The van der Waals surface area contributed by atoms with Gasteiger partial charge in [0.1, 0.15) is 17.1 Å². The molecule has 4 nitrogen and oxygen atoms in total. The first kappa shape index (κ1) is 12.0. The number of halogens is 1. The first-order chi connectivity index (χ1) is 8.61. The molecule has 1 amide bonds. The van der Waals surface area contributed by atoms with Crippen molar-refractivity contribution >= 4 is 11.6 Å². The van der Waals surface area contributed by atoms with Gasteiger partial charge in [-0.3, -0.25) is 9.78 Å². The number of aromatic nitrogens is 1. The first-order valence-electron chi connectivity index (χ1n) is 5.27. The van der Waals surface area contributed by atoms with E-state index in [1.165, 1.54) is 36.5 Å². The highest BCUT2D eigenvalue weighted by molar-refractivity contribution is 6.07. The van der Waals surface area contributed by atoms with Crippen LogP contribution < -0.4 is 4.90 Å². The summed E-state index contributed by atoms with van der Waals surface area (Å²) >= 11 is 0. The van der Waals surface area contributed by atoms with Crippen molar-refractivity contribution in [3.05, 3.63) is 54.1 Å². The zero-order valence-electron chi connectivity index (χ0n) is 9.67. The fourth-order valence-corrected chi connectivity index (χ4v) is 1.58. The van der Waals surface area contributed by atoms with Crippen molar-refractivity contribution in [1.82, 2.24) is 4.98 Å². The Kier molecular flexibility index (Phi) is 3.23. The number of carbonyl (C=O) groups excluding carboxylic acids is 1. The average molecular weight is 246 g/mol. The lowest BCUT2D eigenvalue weighted by molar-refractivity contribution is 0.0986. The van der Waals surface area contributed by atoms with Crippen molar-refractivity contribution in [2.45, 2.75) is 0 Å². The predicted octanol–water partition coefficient (Wildman–Crippen LogP) is 2.20. The molecule has 0 unspecified atom stereocenters. The maximum Gasteiger partial charge on any atom is 0.264 e. The molecule has 1 aromatic heterocycles. The number of amides is 1. The monoisotopic (exact) mass is 246 g/mol. The van der Waals surface area contributed by atoms with E-state index in [1.807, 2.05) is 0 Å². The molecule has 0 aliphatic carbocycles. The Morgan fingerprint density at radius 3 is 2.56 bits per heavy atom. The zero-order valence-corrected chi connectivity index (χ0v) is 9.67. The number of benzene rings is 1. The third kappa shape index (κ3) is 2.15. The van der Waals surface area contributed by atoms with Crippen LogP contribution >= 0.6 is 0 Å². The van der Waals surface area contributed by atoms with Gasteiger partial charge < -0.3 is 10.0 Å². The maximum absolute atomic E-state index is 13.6. The largest absolute Gasteiger partial charge is 0.507 e. The van der Waals surface area contributed by atoms with Gasteiger partial charge in [-0.1, -0.05) is 6.07 Å². The molecule has 0 aliphatic rings. The highest BCUT2D eigenvalue weighted by Gasteiger charge is 2.20. The molecular weight excluding hydrogens is 235 g/mol. The van der Waals surface area contributed by atoms with Crippen molar-refractivity contribution in [3.8, 4) is 5.75 Å². The summed E-state index contributed by atoms with van der Waals surface area (Å²) in [6, 6.07) is 6.99. The highest BCUT2D eigenvalue weighted by atomic mass is 19.1. The lowest BCUT2D eigenvalue weighted by atomic mass is 10.1. The molecule has 0 spiro atoms. The third-order valence-electron chi connectivity index (χ3n) is 2.56. The molecule has 0 atom stereocenters. The summed E-state index contributed by atoms with van der Waals surface area (Å²) in [4.78, 5) is 17.2. The van der Waals surface area contributed by atoms with Gasteiger partial charge in [0.2, 0.25) is 0 Å². The van der Waals surface area contributed by atoms with Gasteiger partial charge in [-0.25, -0.2) is 4.39 Å². The summed E-state index contributed by atoms with van der Waals surface area (Å²) in [5.41, 5.74) is 0.231. The Labute approximate surface area is 103 Å². The normalized spacial score (nSPS) is 10.1. The van der Waals surface area contributed by atoms with Crippen LogP contribution in [0.15, 0.2) is 42.7 Å². The molecule has 1 N–H and O–H groups in total. The van der Waals surface area contributed by atoms with E-state index in [0.29, 0.717) is 5.69 Å². The Morgan fingerprint density at radius 2 is 1.94 bits per heavy atom. The van der Waals surface area contributed by atoms with Crippen molar-refractivity contribution < 1.29 is 14.3 Å². The molecule has 0 radical (unpaired) electrons. The fourth-order valence-electron chi connectivity index (χ4n) is 1.58. The molecule has 2 rings (SSSR count). The van der Waals surface area contributed by atoms with Crippen LogP contribution in [-0.2, 0) is 0 Å². The summed E-state index contributed by atoms with van der Waals surface area (Å²) in [6.45, 7) is 0. The van der Waals surface area contributed by atoms with Crippen LogP contribution in [0.5, 0.6) is 5.75 Å². The molecule has 0 saturated carbocycles. The van der Waals surface area contributed by atoms with Crippen LogP contribution in [-0.4, -0.2) is 23.0 Å². The number of hydrogen-bond acceptors (Lipinski definition) is 3. The lowest BCUT2D eigenvalue weighted by Gasteiger charge is -2.17. The molecule has 0 bridgehead atoms. The predicted molar refractivity (Wildman–Crippen MR) is 65.0 cm³/mol. The quantitative estimate of drug-likeness (QED) is 0.883. The minimum absolute atomic E-state index is 0.336. The van der Waals surface area contributed by atoms with E-state index in [1.54, 1.807) is 12.1 Å². The van der Waals surface area contributed by atoms with Gasteiger partial charge in [0, 0.05) is 25.1 Å². The SMILES string of the molecule is CN(C(=O)c1c(O)cccc1F)c1ccncc1. The summed E-state index contributed by atoms with van der Waals surface area (Å²) in [5.74, 6) is -1.74. The van der Waals surface area contributed by atoms with Crippen LogP contribution in [0.4, 0.5) is 10.1 Å². The van der Waals surface area contributed by atoms with Crippen LogP contribution in [0.2, 0.25) is 0 Å². The number of pyridine rings is 1. The topological polar surface area (TPSA) is 53.4 Å². The van der Waals surface area contributed by atoms with Gasteiger partial charge >= 0.3 is 0 Å². The van der Waals surface area contributed by atoms with Gasteiger partial charge in [0.05, 0.1) is 0 Å². The second-order valence-electron chi connectivity index (χ2n) is 3.70. The van der Waals surface area contributed by atoms with Gasteiger partial charge in [-0.2, -0.15) is 0 Å². The van der Waals surface area contributed by atoms with Crippen LogP contribution in [0.25, 0.3) is 0 Å². The first-order valence-corrected chi connectivity index (χ1v) is 5.27. The summed E-state index contributed by atoms with van der Waals surface area (Å²) in [6.07, 6.45) is 3.06. The molecular formula is C13H11FN2O2. The van der Waals surface area contributed by atoms with Crippen LogP contribution in [0, 0.1) is 5.82 Å². The van der Waals surface area contributed by atoms with Gasteiger partial charge in [-0.15, -0.1) is 0 Å². The highest BCUT2D eigenvalue weighted by Crippen LogP contribution is 2.23. The Bertz CT molecular complexity index is 552. The van der Waals surface area contributed by atoms with Gasteiger partial charge in [-0.05, 0) is 24.3 Å². The van der Waals surface area contributed by atoms with E-state index in [-0.39, 0.29) is 11.3 Å². The third-order valence-corrected chi connectivity index (χ3v) is 2.56. The number of nitrogens with zero attached hydrogens (tertiary/aromatic N) is 2. The summed E-state index contributed by atoms with van der Waals surface area (Å²) < 4.78 is 13.6. The molecule has 5 heteroatoms. The molecule has 0 aliphatic heterocycles. The van der Waals surface area contributed by atoms with Crippen molar-refractivity contribution in [1.29, 1.82) is 0 Å². The van der Waals surface area contributed by atoms with Gasteiger partial charge in [0.25, 0.3) is 5.91 Å². The standard InChI is InChI=1S/C13H11FN2O2/c1-16(9-5-7-15-8-6-9)13(18)12-10(14)3-2-4-11(12)17/h2-8,17H,1H3. The summed E-state index contributed by atoms with van der Waals surface area (Å²) in [5, 5.41) is 9.56. The molecule has 1 heterocycles. The number of phenols is 1. The second kappa shape index (κ2) is 4.83. The second-order valence-corrected chi connectivity index (χ2v) is 3.70. The Morgan fingerprint density at radius 1 is 1.28 bits per heavy atom. The molecule has 92 valence electrons. The maximum atomic E-state index is 13.6. The van der Waals surface area contributed by atoms with Crippen LogP contribution in [0.1, 0.15) is 10.4 Å². The van der Waals surface area contributed by atoms with Gasteiger partial charge in [0.15, 0.2) is 0 Å². The Hall–Kier alpha value is -2.43. The molecule has 0 saturated heterocycles. The number of rotatable bonds is 2. The van der Waals surface area contributed by atoms with Crippen molar-refractivity contribution in [2.24, 2.45) is 0 Å². The fraction of sp³-hybridized carbons (Fsp3) is 0.0769. The van der Waals surface area contributed by atoms with E-state index in [2.05, 4.69) is 4.98 Å². The number of hydrogen-bond donors (Lipinski definition) is 1. The van der Waals surface area contributed by atoms with E-state index >= 15 is 0 Å². The van der Waals surface area contributed by atoms with E-state index in [0.717, 1.165) is 6.07 Å². The smallest absolute Gasteiger partial charge is 0.264 e. The molecule has 0 fully saturated rings. The number of carbonyl (C=O) groups is 1. The average Bonchev–Trinajstić information content (AvgIpc) is 2.38. The van der Waals surface area contributed by atoms with E-state index in [4.69, 9.17) is 0 Å². The molecule has 1 aromatic carbocycles.